The van der Waals surface area contributed by atoms with E-state index in [0.29, 0.717) is 29.6 Å². The van der Waals surface area contributed by atoms with Crippen LogP contribution in [0.4, 0.5) is 13.2 Å². The van der Waals surface area contributed by atoms with Gasteiger partial charge in [0, 0.05) is 11.3 Å². The predicted octanol–water partition coefficient (Wildman–Crippen LogP) is 4.73. The maximum Gasteiger partial charge on any atom is 0.494 e. The molecule has 0 amide bonds. The van der Waals surface area contributed by atoms with Gasteiger partial charge in [0.1, 0.15) is 17.5 Å². The SMILES string of the molecule is CC1(C)OB(c2ccc([C@H]3CCC(c4c(F)cccc4F)=N3)c(F)c2)OC1(C)C. The van der Waals surface area contributed by atoms with Crippen molar-refractivity contribution in [2.75, 3.05) is 0 Å². The van der Waals surface area contributed by atoms with Gasteiger partial charge in [0.05, 0.1) is 22.8 Å². The van der Waals surface area contributed by atoms with Gasteiger partial charge in [0.25, 0.3) is 0 Å². The Labute approximate surface area is 169 Å². The van der Waals surface area contributed by atoms with E-state index in [-0.39, 0.29) is 5.56 Å². The van der Waals surface area contributed by atoms with Gasteiger partial charge < -0.3 is 9.31 Å². The molecule has 152 valence electrons. The normalized spacial score (nSPS) is 22.8. The fraction of sp³-hybridized carbons (Fsp3) is 0.409. The van der Waals surface area contributed by atoms with Crippen molar-refractivity contribution in [2.24, 2.45) is 4.99 Å². The molecule has 0 saturated carbocycles. The minimum absolute atomic E-state index is 0.121. The smallest absolute Gasteiger partial charge is 0.399 e. The molecule has 1 fully saturated rings. The third-order valence-corrected chi connectivity index (χ3v) is 6.13. The third-order valence-electron chi connectivity index (χ3n) is 6.13. The second kappa shape index (κ2) is 6.99. The van der Waals surface area contributed by atoms with E-state index in [4.69, 9.17) is 9.31 Å². The number of hydrogen-bond acceptors (Lipinski definition) is 3. The molecule has 7 heteroatoms. The lowest BCUT2D eigenvalue weighted by molar-refractivity contribution is 0.00578. The Morgan fingerprint density at radius 2 is 1.55 bits per heavy atom. The van der Waals surface area contributed by atoms with Crippen molar-refractivity contribution in [3.05, 3.63) is 65.0 Å². The number of nitrogens with zero attached hydrogens (tertiary/aromatic N) is 1. The molecule has 2 aliphatic rings. The fourth-order valence-corrected chi connectivity index (χ4v) is 3.72. The van der Waals surface area contributed by atoms with E-state index in [1.165, 1.54) is 24.3 Å². The average molecular weight is 401 g/mol. The predicted molar refractivity (Wildman–Crippen MR) is 107 cm³/mol. The van der Waals surface area contributed by atoms with Crippen molar-refractivity contribution < 1.29 is 22.5 Å². The van der Waals surface area contributed by atoms with E-state index < -0.39 is 41.8 Å². The Hall–Kier alpha value is -2.12. The maximum atomic E-state index is 14.9. The first-order valence-electron chi connectivity index (χ1n) is 9.75. The lowest BCUT2D eigenvalue weighted by atomic mass is 9.78. The van der Waals surface area contributed by atoms with Crippen molar-refractivity contribution >= 4 is 18.3 Å². The topological polar surface area (TPSA) is 30.8 Å². The molecular formula is C22H23BF3NO2. The summed E-state index contributed by atoms with van der Waals surface area (Å²) in [6.07, 6.45) is 0.886. The number of benzene rings is 2. The first-order valence-corrected chi connectivity index (χ1v) is 9.75. The third kappa shape index (κ3) is 3.51. The summed E-state index contributed by atoms with van der Waals surface area (Å²) in [7, 11) is -0.654. The van der Waals surface area contributed by atoms with Crippen LogP contribution in [0.3, 0.4) is 0 Å². The largest absolute Gasteiger partial charge is 0.494 e. The molecule has 2 heterocycles. The molecule has 2 aromatic rings. The van der Waals surface area contributed by atoms with E-state index in [9.17, 15) is 13.2 Å². The first-order chi connectivity index (χ1) is 13.6. The Balaban J connectivity index is 1.59. The molecule has 0 unspecified atom stereocenters. The fourth-order valence-electron chi connectivity index (χ4n) is 3.72. The van der Waals surface area contributed by atoms with Gasteiger partial charge in [-0.2, -0.15) is 0 Å². The van der Waals surface area contributed by atoms with Crippen LogP contribution in [0.25, 0.3) is 0 Å². The quantitative estimate of drug-likeness (QED) is 0.697. The van der Waals surface area contributed by atoms with Crippen LogP contribution in [0, 0.1) is 17.5 Å². The van der Waals surface area contributed by atoms with Gasteiger partial charge in [-0.05, 0) is 64.2 Å². The molecule has 4 rings (SSSR count). The van der Waals surface area contributed by atoms with Crippen LogP contribution >= 0.6 is 0 Å². The summed E-state index contributed by atoms with van der Waals surface area (Å²) < 4.78 is 54.9. The second-order valence-electron chi connectivity index (χ2n) is 8.60. The van der Waals surface area contributed by atoms with Gasteiger partial charge in [-0.25, -0.2) is 13.2 Å². The summed E-state index contributed by atoms with van der Waals surface area (Å²) >= 11 is 0. The minimum Gasteiger partial charge on any atom is -0.399 e. The van der Waals surface area contributed by atoms with Crippen molar-refractivity contribution in [3.8, 4) is 0 Å². The Kier molecular flexibility index (Phi) is 4.86. The van der Waals surface area contributed by atoms with E-state index in [0.717, 1.165) is 0 Å². The van der Waals surface area contributed by atoms with Gasteiger partial charge in [-0.3, -0.25) is 4.99 Å². The maximum absolute atomic E-state index is 14.9. The number of halogens is 3. The molecule has 0 aliphatic carbocycles. The zero-order valence-electron chi connectivity index (χ0n) is 16.9. The molecule has 3 nitrogen and oxygen atoms in total. The summed E-state index contributed by atoms with van der Waals surface area (Å²) in [5.41, 5.74) is 0.177. The summed E-state index contributed by atoms with van der Waals surface area (Å²) in [4.78, 5) is 4.42. The number of aliphatic imine (C=N–C) groups is 1. The van der Waals surface area contributed by atoms with Crippen LogP contribution in [-0.2, 0) is 9.31 Å². The molecule has 2 aromatic carbocycles. The highest BCUT2D eigenvalue weighted by Crippen LogP contribution is 2.37. The van der Waals surface area contributed by atoms with Crippen LogP contribution in [0.1, 0.15) is 57.7 Å². The molecule has 1 saturated heterocycles. The van der Waals surface area contributed by atoms with Crippen molar-refractivity contribution in [1.82, 2.24) is 0 Å². The van der Waals surface area contributed by atoms with Crippen molar-refractivity contribution in [1.29, 1.82) is 0 Å². The highest BCUT2D eigenvalue weighted by Gasteiger charge is 2.51. The minimum atomic E-state index is -0.654. The van der Waals surface area contributed by atoms with E-state index >= 15 is 0 Å². The summed E-state index contributed by atoms with van der Waals surface area (Å²) in [5.74, 6) is -1.73. The van der Waals surface area contributed by atoms with Crippen LogP contribution in [0.5, 0.6) is 0 Å². The molecule has 1 atom stereocenters. The monoisotopic (exact) mass is 401 g/mol. The van der Waals surface area contributed by atoms with Gasteiger partial charge >= 0.3 is 7.12 Å². The number of hydrogen-bond donors (Lipinski definition) is 0. The van der Waals surface area contributed by atoms with Gasteiger partial charge in [0.15, 0.2) is 0 Å². The van der Waals surface area contributed by atoms with Crippen LogP contribution in [0.2, 0.25) is 0 Å². The van der Waals surface area contributed by atoms with Crippen molar-refractivity contribution in [2.45, 2.75) is 57.8 Å². The van der Waals surface area contributed by atoms with E-state index in [2.05, 4.69) is 4.99 Å². The van der Waals surface area contributed by atoms with Crippen LogP contribution < -0.4 is 5.46 Å². The zero-order valence-corrected chi connectivity index (χ0v) is 16.9. The first kappa shape index (κ1) is 20.2. The van der Waals surface area contributed by atoms with Gasteiger partial charge in [-0.1, -0.05) is 18.2 Å². The Bertz CT molecular complexity index is 954. The molecule has 0 bridgehead atoms. The van der Waals surface area contributed by atoms with Gasteiger partial charge in [0.2, 0.25) is 0 Å². The zero-order chi connectivity index (χ0) is 21.0. The highest BCUT2D eigenvalue weighted by molar-refractivity contribution is 6.62. The standard InChI is InChI=1S/C22H23BF3NO2/c1-21(2)22(3,4)29-23(28-21)13-8-9-14(17(26)12-13)18-10-11-19(27-18)20-15(24)6-5-7-16(20)25/h5-9,12,18H,10-11H2,1-4H3/t18-/m1/s1. The summed E-state index contributed by atoms with van der Waals surface area (Å²) in [5, 5.41) is 0. The summed E-state index contributed by atoms with van der Waals surface area (Å²) in [6.45, 7) is 7.76. The molecule has 29 heavy (non-hydrogen) atoms. The van der Waals surface area contributed by atoms with Crippen molar-refractivity contribution in [3.63, 3.8) is 0 Å². The average Bonchev–Trinajstić information content (AvgIpc) is 3.17. The van der Waals surface area contributed by atoms with E-state index in [1.807, 2.05) is 27.7 Å². The lowest BCUT2D eigenvalue weighted by Crippen LogP contribution is -2.41. The molecule has 2 aliphatic heterocycles. The van der Waals surface area contributed by atoms with Crippen LogP contribution in [-0.4, -0.2) is 24.0 Å². The Morgan fingerprint density at radius 3 is 2.14 bits per heavy atom. The lowest BCUT2D eigenvalue weighted by Gasteiger charge is -2.32. The van der Waals surface area contributed by atoms with E-state index in [1.54, 1.807) is 12.1 Å². The molecular weight excluding hydrogens is 378 g/mol. The van der Waals surface area contributed by atoms with Crippen LogP contribution in [0.15, 0.2) is 41.4 Å². The Morgan fingerprint density at radius 1 is 0.931 bits per heavy atom. The molecule has 0 aromatic heterocycles. The molecule has 0 radical (unpaired) electrons. The second-order valence-corrected chi connectivity index (χ2v) is 8.60. The number of rotatable bonds is 3. The van der Waals surface area contributed by atoms with Gasteiger partial charge in [-0.15, -0.1) is 0 Å². The molecule has 0 spiro atoms. The summed E-state index contributed by atoms with van der Waals surface area (Å²) in [6, 6.07) is 8.06. The molecule has 0 N–H and O–H groups in total. The highest BCUT2D eigenvalue weighted by atomic mass is 19.1.